The molecule has 4 amide bonds. The van der Waals surface area contributed by atoms with Crippen molar-refractivity contribution in [3.63, 3.8) is 0 Å². The van der Waals surface area contributed by atoms with Crippen molar-refractivity contribution in [1.82, 2.24) is 15.5 Å². The minimum atomic E-state index is -0.665. The largest absolute Gasteiger partial charge is 0.495 e. The van der Waals surface area contributed by atoms with Gasteiger partial charge < -0.3 is 15.4 Å². The number of ether oxygens (including phenoxy) is 1. The molecule has 8 nitrogen and oxygen atoms in total. The Morgan fingerprint density at radius 3 is 2.61 bits per heavy atom. The van der Waals surface area contributed by atoms with Crippen molar-refractivity contribution in [1.29, 1.82) is 0 Å². The predicted octanol–water partition coefficient (Wildman–Crippen LogP) is 2.38. The van der Waals surface area contributed by atoms with E-state index in [0.29, 0.717) is 16.5 Å². The zero-order valence-electron chi connectivity index (χ0n) is 16.4. The smallest absolute Gasteiger partial charge is 0.321 e. The Hall–Kier alpha value is -2.32. The maximum atomic E-state index is 12.3. The van der Waals surface area contributed by atoms with Gasteiger partial charge in [-0.25, -0.2) is 4.79 Å². The Balaban J connectivity index is 1.84. The molecule has 154 valence electrons. The molecule has 9 heteroatoms. The fourth-order valence-corrected chi connectivity index (χ4v) is 3.21. The number of nitrogens with one attached hydrogen (secondary N) is 3. The number of amides is 4. The maximum Gasteiger partial charge on any atom is 0.321 e. The minimum absolute atomic E-state index is 0.0471. The van der Waals surface area contributed by atoms with E-state index in [2.05, 4.69) is 16.0 Å². The first-order chi connectivity index (χ1) is 13.3. The van der Waals surface area contributed by atoms with Crippen molar-refractivity contribution in [2.75, 3.05) is 26.0 Å². The highest BCUT2D eigenvalue weighted by Gasteiger charge is 2.24. The fraction of sp³-hybridized carbons (Fsp3) is 0.526. The van der Waals surface area contributed by atoms with Crippen LogP contribution in [0.5, 0.6) is 5.75 Å². The summed E-state index contributed by atoms with van der Waals surface area (Å²) in [6.07, 6.45) is 4.05. The van der Waals surface area contributed by atoms with Crippen LogP contribution in [0.4, 0.5) is 10.5 Å². The zero-order valence-corrected chi connectivity index (χ0v) is 17.1. The molecule has 1 aromatic carbocycles. The molecule has 2 rings (SSSR count). The molecule has 1 atom stereocenters. The van der Waals surface area contributed by atoms with Crippen LogP contribution < -0.4 is 20.7 Å². The van der Waals surface area contributed by atoms with Crippen molar-refractivity contribution in [2.24, 2.45) is 0 Å². The Labute approximate surface area is 169 Å². The highest BCUT2D eigenvalue weighted by Crippen LogP contribution is 2.27. The van der Waals surface area contributed by atoms with Gasteiger partial charge in [-0.05, 0) is 45.0 Å². The average molecular weight is 411 g/mol. The Morgan fingerprint density at radius 1 is 1.29 bits per heavy atom. The molecule has 28 heavy (non-hydrogen) atoms. The molecule has 0 aromatic heterocycles. The zero-order chi connectivity index (χ0) is 20.7. The van der Waals surface area contributed by atoms with E-state index in [1.807, 2.05) is 0 Å². The third-order valence-corrected chi connectivity index (χ3v) is 5.03. The van der Waals surface area contributed by atoms with Gasteiger partial charge in [0.15, 0.2) is 0 Å². The third-order valence-electron chi connectivity index (χ3n) is 4.80. The van der Waals surface area contributed by atoms with Crippen LogP contribution in [0, 0.1) is 0 Å². The van der Waals surface area contributed by atoms with Gasteiger partial charge >= 0.3 is 6.03 Å². The molecule has 1 aliphatic carbocycles. The molecule has 0 bridgehead atoms. The third kappa shape index (κ3) is 6.38. The number of halogens is 1. The van der Waals surface area contributed by atoms with E-state index < -0.39 is 18.0 Å². The van der Waals surface area contributed by atoms with Crippen molar-refractivity contribution in [3.05, 3.63) is 23.2 Å². The standard InChI is InChI=1S/C19H27ClN4O4/c1-12(18(26)23-19(27)21-14-6-4-5-7-14)24(2)11-17(25)22-15-10-13(20)8-9-16(15)28-3/h8-10,12,14H,4-7,11H2,1-3H3,(H,22,25)(H2,21,23,26,27). The van der Waals surface area contributed by atoms with E-state index in [1.165, 1.54) is 7.11 Å². The van der Waals surface area contributed by atoms with Gasteiger partial charge in [0.2, 0.25) is 11.8 Å². The fourth-order valence-electron chi connectivity index (χ4n) is 3.04. The molecule has 1 fully saturated rings. The number of imide groups is 1. The number of hydrogen-bond donors (Lipinski definition) is 3. The van der Waals surface area contributed by atoms with E-state index in [-0.39, 0.29) is 18.5 Å². The normalized spacial score (nSPS) is 15.2. The van der Waals surface area contributed by atoms with Crippen molar-refractivity contribution in [3.8, 4) is 5.75 Å². The molecule has 1 aliphatic rings. The summed E-state index contributed by atoms with van der Waals surface area (Å²) in [5.41, 5.74) is 0.446. The molecule has 1 saturated carbocycles. The molecular weight excluding hydrogens is 384 g/mol. The number of carbonyl (C=O) groups excluding carboxylic acids is 3. The van der Waals surface area contributed by atoms with Crippen LogP contribution in [0.15, 0.2) is 18.2 Å². The van der Waals surface area contributed by atoms with Gasteiger partial charge in [0.25, 0.3) is 0 Å². The lowest BCUT2D eigenvalue weighted by atomic mass is 10.2. The van der Waals surface area contributed by atoms with Gasteiger partial charge in [-0.1, -0.05) is 24.4 Å². The van der Waals surface area contributed by atoms with Crippen LogP contribution in [0.2, 0.25) is 5.02 Å². The van der Waals surface area contributed by atoms with Crippen molar-refractivity contribution >= 4 is 35.1 Å². The molecule has 1 aromatic rings. The topological polar surface area (TPSA) is 99.8 Å². The second kappa shape index (κ2) is 10.3. The van der Waals surface area contributed by atoms with Crippen LogP contribution in [0.25, 0.3) is 0 Å². The van der Waals surface area contributed by atoms with Crippen LogP contribution >= 0.6 is 11.6 Å². The van der Waals surface area contributed by atoms with Crippen LogP contribution in [-0.2, 0) is 9.59 Å². The Bertz CT molecular complexity index is 722. The summed E-state index contributed by atoms with van der Waals surface area (Å²) < 4.78 is 5.19. The number of benzene rings is 1. The number of anilines is 1. The van der Waals surface area contributed by atoms with Crippen LogP contribution in [-0.4, -0.2) is 55.5 Å². The molecule has 0 spiro atoms. The minimum Gasteiger partial charge on any atom is -0.495 e. The number of methoxy groups -OCH3 is 1. The first-order valence-corrected chi connectivity index (χ1v) is 9.63. The first-order valence-electron chi connectivity index (χ1n) is 9.25. The Morgan fingerprint density at radius 2 is 1.96 bits per heavy atom. The van der Waals surface area contributed by atoms with E-state index in [1.54, 1.807) is 37.1 Å². The molecule has 0 heterocycles. The van der Waals surface area contributed by atoms with Crippen LogP contribution in [0.3, 0.4) is 0 Å². The maximum absolute atomic E-state index is 12.3. The first kappa shape index (κ1) is 22.0. The predicted molar refractivity (Wildman–Crippen MR) is 108 cm³/mol. The second-order valence-electron chi connectivity index (χ2n) is 6.93. The molecule has 0 saturated heterocycles. The summed E-state index contributed by atoms with van der Waals surface area (Å²) in [5.74, 6) is -0.320. The van der Waals surface area contributed by atoms with Gasteiger partial charge in [0.05, 0.1) is 25.4 Å². The highest BCUT2D eigenvalue weighted by molar-refractivity contribution is 6.31. The quantitative estimate of drug-likeness (QED) is 0.640. The highest BCUT2D eigenvalue weighted by atomic mass is 35.5. The van der Waals surface area contributed by atoms with Gasteiger partial charge in [-0.15, -0.1) is 0 Å². The van der Waals surface area contributed by atoms with E-state index in [9.17, 15) is 14.4 Å². The van der Waals surface area contributed by atoms with E-state index in [4.69, 9.17) is 16.3 Å². The Kier molecular flexibility index (Phi) is 8.07. The number of likely N-dealkylation sites (N-methyl/N-ethyl adjacent to an activating group) is 1. The molecular formula is C19H27ClN4O4. The number of rotatable bonds is 7. The lowest BCUT2D eigenvalue weighted by Crippen LogP contribution is -2.51. The molecule has 3 N–H and O–H groups in total. The SMILES string of the molecule is COc1ccc(Cl)cc1NC(=O)CN(C)C(C)C(=O)NC(=O)NC1CCCC1. The number of hydrogen-bond acceptors (Lipinski definition) is 5. The lowest BCUT2D eigenvalue weighted by Gasteiger charge is -2.23. The van der Waals surface area contributed by atoms with Crippen molar-refractivity contribution in [2.45, 2.75) is 44.7 Å². The van der Waals surface area contributed by atoms with Gasteiger partial charge in [-0.3, -0.25) is 19.8 Å². The second-order valence-corrected chi connectivity index (χ2v) is 7.36. The summed E-state index contributed by atoms with van der Waals surface area (Å²) >= 11 is 5.96. The van der Waals surface area contributed by atoms with Gasteiger partial charge in [-0.2, -0.15) is 0 Å². The average Bonchev–Trinajstić information content (AvgIpc) is 3.13. The number of urea groups is 1. The molecule has 1 unspecified atom stereocenters. The summed E-state index contributed by atoms with van der Waals surface area (Å²) in [4.78, 5) is 38.1. The summed E-state index contributed by atoms with van der Waals surface area (Å²) in [6.45, 7) is 1.58. The van der Waals surface area contributed by atoms with Crippen LogP contribution in [0.1, 0.15) is 32.6 Å². The number of carbonyl (C=O) groups is 3. The lowest BCUT2D eigenvalue weighted by molar-refractivity contribution is -0.125. The number of nitrogens with zero attached hydrogens (tertiary/aromatic N) is 1. The monoisotopic (exact) mass is 410 g/mol. The van der Waals surface area contributed by atoms with Crippen molar-refractivity contribution < 1.29 is 19.1 Å². The van der Waals surface area contributed by atoms with E-state index >= 15 is 0 Å². The van der Waals surface area contributed by atoms with Gasteiger partial charge in [0.1, 0.15) is 5.75 Å². The van der Waals surface area contributed by atoms with Gasteiger partial charge in [0, 0.05) is 11.1 Å². The summed E-state index contributed by atoms with van der Waals surface area (Å²) in [7, 11) is 3.13. The molecule has 0 aliphatic heterocycles. The van der Waals surface area contributed by atoms with E-state index in [0.717, 1.165) is 25.7 Å². The molecule has 0 radical (unpaired) electrons. The summed E-state index contributed by atoms with van der Waals surface area (Å²) in [6, 6.07) is 3.86. The summed E-state index contributed by atoms with van der Waals surface area (Å²) in [5, 5.41) is 8.31.